The summed E-state index contributed by atoms with van der Waals surface area (Å²) in [6.45, 7) is 2.08. The maximum Gasteiger partial charge on any atom is 0.176 e. The fraction of sp³-hybridized carbons (Fsp3) is 0.154. The molecule has 0 aliphatic heterocycles. The zero-order chi connectivity index (χ0) is 11.4. The molecule has 1 aromatic carbocycles. The van der Waals surface area contributed by atoms with Crippen LogP contribution in [0.25, 0.3) is 0 Å². The Hall–Kier alpha value is -1.90. The van der Waals surface area contributed by atoms with Crippen molar-refractivity contribution in [2.24, 2.45) is 0 Å². The highest BCUT2D eigenvalue weighted by atomic mass is 19.1. The van der Waals surface area contributed by atoms with E-state index in [2.05, 4.69) is 4.98 Å². The Morgan fingerprint density at radius 1 is 1.19 bits per heavy atom. The summed E-state index contributed by atoms with van der Waals surface area (Å²) in [4.78, 5) is 3.99. The van der Waals surface area contributed by atoms with E-state index in [0.29, 0.717) is 12.3 Å². The van der Waals surface area contributed by atoms with E-state index in [-0.39, 0.29) is 11.6 Å². The van der Waals surface area contributed by atoms with Crippen LogP contribution in [0.15, 0.2) is 42.6 Å². The zero-order valence-electron chi connectivity index (χ0n) is 8.98. The van der Waals surface area contributed by atoms with E-state index < -0.39 is 0 Å². The standard InChI is InChI=1S/C13H12FNO/c1-10-13(12(14)7-8-15-10)16-9-11-5-3-2-4-6-11/h2-8H,9H2,1H3. The summed E-state index contributed by atoms with van der Waals surface area (Å²) in [5.41, 5.74) is 1.57. The monoisotopic (exact) mass is 217 g/mol. The van der Waals surface area contributed by atoms with Crippen LogP contribution in [0.4, 0.5) is 4.39 Å². The number of aromatic nitrogens is 1. The van der Waals surface area contributed by atoms with Crippen molar-refractivity contribution in [3.63, 3.8) is 0 Å². The van der Waals surface area contributed by atoms with Crippen LogP contribution in [0.5, 0.6) is 5.75 Å². The van der Waals surface area contributed by atoms with E-state index in [1.54, 1.807) is 6.92 Å². The Kier molecular flexibility index (Phi) is 3.15. The smallest absolute Gasteiger partial charge is 0.176 e. The van der Waals surface area contributed by atoms with Gasteiger partial charge in [-0.2, -0.15) is 0 Å². The minimum atomic E-state index is -0.372. The molecule has 0 spiro atoms. The maximum atomic E-state index is 13.4. The lowest BCUT2D eigenvalue weighted by Gasteiger charge is -2.08. The number of hydrogen-bond acceptors (Lipinski definition) is 2. The van der Waals surface area contributed by atoms with Crippen LogP contribution in [-0.4, -0.2) is 4.98 Å². The largest absolute Gasteiger partial charge is 0.484 e. The molecule has 0 saturated heterocycles. The predicted octanol–water partition coefficient (Wildman–Crippen LogP) is 3.11. The summed E-state index contributed by atoms with van der Waals surface area (Å²) in [5, 5.41) is 0. The maximum absolute atomic E-state index is 13.4. The minimum absolute atomic E-state index is 0.228. The third-order valence-electron chi connectivity index (χ3n) is 2.26. The van der Waals surface area contributed by atoms with E-state index >= 15 is 0 Å². The number of halogens is 1. The van der Waals surface area contributed by atoms with Crippen molar-refractivity contribution in [1.82, 2.24) is 4.98 Å². The molecule has 0 unspecified atom stereocenters. The molecule has 0 bridgehead atoms. The van der Waals surface area contributed by atoms with Crippen molar-refractivity contribution in [3.8, 4) is 5.75 Å². The van der Waals surface area contributed by atoms with Gasteiger partial charge in [0, 0.05) is 6.20 Å². The van der Waals surface area contributed by atoms with Gasteiger partial charge in [-0.15, -0.1) is 0 Å². The van der Waals surface area contributed by atoms with Crippen molar-refractivity contribution in [2.75, 3.05) is 0 Å². The normalized spacial score (nSPS) is 10.1. The van der Waals surface area contributed by atoms with Gasteiger partial charge in [0.2, 0.25) is 0 Å². The van der Waals surface area contributed by atoms with Gasteiger partial charge < -0.3 is 4.74 Å². The number of nitrogens with zero attached hydrogens (tertiary/aromatic N) is 1. The number of ether oxygens (including phenoxy) is 1. The van der Waals surface area contributed by atoms with Crippen molar-refractivity contribution in [1.29, 1.82) is 0 Å². The molecule has 0 aliphatic carbocycles. The minimum Gasteiger partial charge on any atom is -0.484 e. The molecular weight excluding hydrogens is 205 g/mol. The lowest BCUT2D eigenvalue weighted by Crippen LogP contribution is -2.00. The Labute approximate surface area is 93.7 Å². The van der Waals surface area contributed by atoms with E-state index in [0.717, 1.165) is 5.56 Å². The summed E-state index contributed by atoms with van der Waals surface area (Å²) < 4.78 is 18.8. The molecule has 0 aliphatic rings. The summed E-state index contributed by atoms with van der Waals surface area (Å²) in [7, 11) is 0. The van der Waals surface area contributed by atoms with E-state index in [9.17, 15) is 4.39 Å². The summed E-state index contributed by atoms with van der Waals surface area (Å²) >= 11 is 0. The van der Waals surface area contributed by atoms with Crippen molar-refractivity contribution in [3.05, 3.63) is 59.7 Å². The molecule has 0 radical (unpaired) electrons. The van der Waals surface area contributed by atoms with Crippen molar-refractivity contribution >= 4 is 0 Å². The highest BCUT2D eigenvalue weighted by Crippen LogP contribution is 2.20. The first-order valence-corrected chi connectivity index (χ1v) is 5.05. The second-order valence-electron chi connectivity index (χ2n) is 3.48. The summed E-state index contributed by atoms with van der Waals surface area (Å²) in [6, 6.07) is 10.9. The quantitative estimate of drug-likeness (QED) is 0.788. The Bertz CT molecular complexity index is 450. The highest BCUT2D eigenvalue weighted by molar-refractivity contribution is 5.28. The fourth-order valence-corrected chi connectivity index (χ4v) is 1.42. The van der Waals surface area contributed by atoms with Crippen LogP contribution in [0.3, 0.4) is 0 Å². The fourth-order valence-electron chi connectivity index (χ4n) is 1.42. The van der Waals surface area contributed by atoms with Gasteiger partial charge in [-0.3, -0.25) is 4.98 Å². The second-order valence-corrected chi connectivity index (χ2v) is 3.48. The predicted molar refractivity (Wildman–Crippen MR) is 59.7 cm³/mol. The first-order chi connectivity index (χ1) is 7.77. The molecule has 0 saturated carbocycles. The lowest BCUT2D eigenvalue weighted by atomic mass is 10.2. The Morgan fingerprint density at radius 2 is 1.94 bits per heavy atom. The number of pyridine rings is 1. The van der Waals surface area contributed by atoms with Gasteiger partial charge in [0.15, 0.2) is 11.6 Å². The molecule has 1 heterocycles. The third kappa shape index (κ3) is 2.37. The zero-order valence-corrected chi connectivity index (χ0v) is 8.98. The van der Waals surface area contributed by atoms with Gasteiger partial charge in [-0.1, -0.05) is 30.3 Å². The molecule has 2 rings (SSSR count). The molecular formula is C13H12FNO. The summed E-state index contributed by atoms with van der Waals surface area (Å²) in [5.74, 6) is -0.144. The Balaban J connectivity index is 2.11. The van der Waals surface area contributed by atoms with E-state index in [1.165, 1.54) is 12.3 Å². The molecule has 0 fully saturated rings. The van der Waals surface area contributed by atoms with Crippen molar-refractivity contribution < 1.29 is 9.13 Å². The van der Waals surface area contributed by atoms with Gasteiger partial charge in [-0.25, -0.2) is 4.39 Å². The lowest BCUT2D eigenvalue weighted by molar-refractivity contribution is 0.286. The molecule has 2 aromatic rings. The van der Waals surface area contributed by atoms with Crippen LogP contribution >= 0.6 is 0 Å². The summed E-state index contributed by atoms with van der Waals surface area (Å²) in [6.07, 6.45) is 1.43. The average Bonchev–Trinajstić information content (AvgIpc) is 2.30. The van der Waals surface area contributed by atoms with Crippen LogP contribution in [0.1, 0.15) is 11.3 Å². The van der Waals surface area contributed by atoms with Gasteiger partial charge in [0.05, 0.1) is 5.69 Å². The van der Waals surface area contributed by atoms with E-state index in [1.807, 2.05) is 30.3 Å². The molecule has 82 valence electrons. The van der Waals surface area contributed by atoms with Crippen molar-refractivity contribution in [2.45, 2.75) is 13.5 Å². The molecule has 0 N–H and O–H groups in total. The number of aryl methyl sites for hydroxylation is 1. The molecule has 0 atom stereocenters. The molecule has 16 heavy (non-hydrogen) atoms. The topological polar surface area (TPSA) is 22.1 Å². The van der Waals surface area contributed by atoms with Crippen LogP contribution in [0.2, 0.25) is 0 Å². The number of hydrogen-bond donors (Lipinski definition) is 0. The van der Waals surface area contributed by atoms with Crippen LogP contribution in [-0.2, 0) is 6.61 Å². The number of benzene rings is 1. The first kappa shape index (κ1) is 10.6. The molecule has 2 nitrogen and oxygen atoms in total. The highest BCUT2D eigenvalue weighted by Gasteiger charge is 2.07. The van der Waals surface area contributed by atoms with E-state index in [4.69, 9.17) is 4.74 Å². The molecule has 1 aromatic heterocycles. The first-order valence-electron chi connectivity index (χ1n) is 5.05. The number of rotatable bonds is 3. The average molecular weight is 217 g/mol. The van der Waals surface area contributed by atoms with Gasteiger partial charge in [0.25, 0.3) is 0 Å². The SMILES string of the molecule is Cc1nccc(F)c1OCc1ccccc1. The second kappa shape index (κ2) is 4.75. The van der Waals surface area contributed by atoms with Gasteiger partial charge in [-0.05, 0) is 18.6 Å². The van der Waals surface area contributed by atoms with Crippen LogP contribution < -0.4 is 4.74 Å². The van der Waals surface area contributed by atoms with Gasteiger partial charge in [0.1, 0.15) is 6.61 Å². The Morgan fingerprint density at radius 3 is 2.62 bits per heavy atom. The molecule has 3 heteroatoms. The van der Waals surface area contributed by atoms with Gasteiger partial charge >= 0.3 is 0 Å². The molecule has 0 amide bonds. The van der Waals surface area contributed by atoms with Crippen LogP contribution in [0, 0.1) is 12.7 Å². The third-order valence-corrected chi connectivity index (χ3v) is 2.26.